The lowest BCUT2D eigenvalue weighted by Crippen LogP contribution is -2.40. The third-order valence-corrected chi connectivity index (χ3v) is 5.20. The van der Waals surface area contributed by atoms with E-state index in [4.69, 9.17) is 5.73 Å². The second-order valence-corrected chi connectivity index (χ2v) is 6.78. The second kappa shape index (κ2) is 5.78. The minimum Gasteiger partial charge on any atom is -0.388 e. The molecule has 1 fully saturated rings. The summed E-state index contributed by atoms with van der Waals surface area (Å²) in [6.45, 7) is 2.84. The minimum absolute atomic E-state index is 0.153. The average molecular weight is 283 g/mol. The van der Waals surface area contributed by atoms with Crippen LogP contribution in [0.2, 0.25) is 0 Å². The highest BCUT2D eigenvalue weighted by Crippen LogP contribution is 2.47. The Bertz CT molecular complexity index is 624. The first-order valence-electron chi connectivity index (χ1n) is 8.01. The van der Waals surface area contributed by atoms with Gasteiger partial charge in [0, 0.05) is 12.0 Å². The topological polar surface area (TPSA) is 46.2 Å². The van der Waals surface area contributed by atoms with Gasteiger partial charge in [-0.2, -0.15) is 0 Å². The molecular weight excluding hydrogens is 258 g/mol. The number of hydrogen-bond donors (Lipinski definition) is 2. The zero-order chi connectivity index (χ0) is 14.9. The van der Waals surface area contributed by atoms with Crippen LogP contribution in [0, 0.1) is 11.3 Å². The van der Waals surface area contributed by atoms with Gasteiger partial charge in [-0.3, -0.25) is 0 Å². The molecule has 1 aliphatic carbocycles. The predicted molar refractivity (Wildman–Crippen MR) is 88.0 cm³/mol. The van der Waals surface area contributed by atoms with Crippen molar-refractivity contribution in [3.63, 3.8) is 0 Å². The zero-order valence-electron chi connectivity index (χ0n) is 12.8. The van der Waals surface area contributed by atoms with Crippen molar-refractivity contribution in [2.24, 2.45) is 17.1 Å². The van der Waals surface area contributed by atoms with Crippen LogP contribution in [-0.2, 0) is 0 Å². The molecule has 112 valence electrons. The third kappa shape index (κ3) is 2.70. The maximum Gasteiger partial charge on any atom is 0.0858 e. The van der Waals surface area contributed by atoms with Crippen molar-refractivity contribution in [2.75, 3.05) is 6.54 Å². The third-order valence-electron chi connectivity index (χ3n) is 5.20. The molecule has 0 radical (unpaired) electrons. The van der Waals surface area contributed by atoms with E-state index in [9.17, 15) is 5.11 Å². The summed E-state index contributed by atoms with van der Waals surface area (Å²) in [7, 11) is 0. The fourth-order valence-corrected chi connectivity index (χ4v) is 3.98. The van der Waals surface area contributed by atoms with Crippen molar-refractivity contribution < 1.29 is 5.11 Å². The van der Waals surface area contributed by atoms with Gasteiger partial charge in [-0.1, -0.05) is 56.2 Å². The molecule has 0 saturated heterocycles. The van der Waals surface area contributed by atoms with Crippen LogP contribution in [0.3, 0.4) is 0 Å². The summed E-state index contributed by atoms with van der Waals surface area (Å²) in [4.78, 5) is 0. The number of fused-ring (bicyclic) bond motifs is 1. The highest BCUT2D eigenvalue weighted by molar-refractivity contribution is 5.83. The maximum atomic E-state index is 11.0. The van der Waals surface area contributed by atoms with E-state index in [0.29, 0.717) is 12.5 Å². The highest BCUT2D eigenvalue weighted by atomic mass is 16.3. The molecule has 2 heteroatoms. The molecule has 2 aromatic carbocycles. The van der Waals surface area contributed by atoms with Crippen LogP contribution in [0.25, 0.3) is 10.8 Å². The van der Waals surface area contributed by atoms with Crippen LogP contribution in [0.1, 0.15) is 44.3 Å². The molecular formula is C19H25NO. The van der Waals surface area contributed by atoms with Gasteiger partial charge in [0.1, 0.15) is 0 Å². The highest BCUT2D eigenvalue weighted by Gasteiger charge is 2.40. The van der Waals surface area contributed by atoms with E-state index in [0.717, 1.165) is 18.4 Å². The lowest BCUT2D eigenvalue weighted by Gasteiger charge is -2.43. The van der Waals surface area contributed by atoms with Crippen LogP contribution >= 0.6 is 0 Å². The Labute approximate surface area is 127 Å². The smallest absolute Gasteiger partial charge is 0.0858 e. The van der Waals surface area contributed by atoms with Gasteiger partial charge in [-0.05, 0) is 41.2 Å². The Balaban J connectivity index is 1.96. The van der Waals surface area contributed by atoms with E-state index in [1.165, 1.54) is 23.6 Å². The Morgan fingerprint density at radius 2 is 2.00 bits per heavy atom. The van der Waals surface area contributed by atoms with Crippen LogP contribution in [-0.4, -0.2) is 11.7 Å². The molecule has 21 heavy (non-hydrogen) atoms. The molecule has 3 atom stereocenters. The number of rotatable bonds is 3. The van der Waals surface area contributed by atoms with Gasteiger partial charge in [-0.25, -0.2) is 0 Å². The van der Waals surface area contributed by atoms with Crippen LogP contribution in [0.15, 0.2) is 42.5 Å². The van der Waals surface area contributed by atoms with E-state index in [2.05, 4.69) is 37.3 Å². The van der Waals surface area contributed by atoms with Gasteiger partial charge >= 0.3 is 0 Å². The van der Waals surface area contributed by atoms with Gasteiger partial charge in [-0.15, -0.1) is 0 Å². The van der Waals surface area contributed by atoms with Crippen LogP contribution < -0.4 is 5.73 Å². The van der Waals surface area contributed by atoms with E-state index < -0.39 is 6.10 Å². The number of hydrogen-bond acceptors (Lipinski definition) is 2. The number of aliphatic hydroxyl groups excluding tert-OH is 1. The molecule has 2 aromatic rings. The van der Waals surface area contributed by atoms with E-state index in [-0.39, 0.29) is 5.41 Å². The van der Waals surface area contributed by atoms with Crippen molar-refractivity contribution in [3.05, 3.63) is 48.0 Å². The number of nitrogens with two attached hydrogens (primary N) is 1. The van der Waals surface area contributed by atoms with E-state index in [1.54, 1.807) is 0 Å². The fourth-order valence-electron chi connectivity index (χ4n) is 3.98. The first kappa shape index (κ1) is 14.6. The fraction of sp³-hybridized carbons (Fsp3) is 0.474. The average Bonchev–Trinajstić information content (AvgIpc) is 2.53. The predicted octanol–water partition coefficient (Wildman–Crippen LogP) is 4.03. The molecule has 1 saturated carbocycles. The van der Waals surface area contributed by atoms with Gasteiger partial charge in [0.05, 0.1) is 6.10 Å². The minimum atomic E-state index is -0.463. The van der Waals surface area contributed by atoms with Crippen LogP contribution in [0.5, 0.6) is 0 Å². The Kier molecular flexibility index (Phi) is 4.01. The Morgan fingerprint density at radius 3 is 2.71 bits per heavy atom. The quantitative estimate of drug-likeness (QED) is 0.893. The summed E-state index contributed by atoms with van der Waals surface area (Å²) in [5.74, 6) is 0.650. The molecule has 2 nitrogen and oxygen atoms in total. The maximum absolute atomic E-state index is 11.0. The molecule has 0 aromatic heterocycles. The normalized spacial score (nSPS) is 27.7. The summed E-state index contributed by atoms with van der Waals surface area (Å²) in [5.41, 5.74) is 6.95. The molecule has 1 aliphatic rings. The number of aliphatic hydroxyl groups is 1. The van der Waals surface area contributed by atoms with Gasteiger partial charge in [0.2, 0.25) is 0 Å². The lowest BCUT2D eigenvalue weighted by molar-refractivity contribution is -0.0130. The lowest BCUT2D eigenvalue weighted by atomic mass is 9.65. The summed E-state index contributed by atoms with van der Waals surface area (Å²) < 4.78 is 0. The largest absolute Gasteiger partial charge is 0.388 e. The van der Waals surface area contributed by atoms with Crippen molar-refractivity contribution in [1.82, 2.24) is 0 Å². The second-order valence-electron chi connectivity index (χ2n) is 6.78. The van der Waals surface area contributed by atoms with Gasteiger partial charge in [0.25, 0.3) is 0 Å². The van der Waals surface area contributed by atoms with Gasteiger partial charge < -0.3 is 10.8 Å². The van der Waals surface area contributed by atoms with Crippen molar-refractivity contribution in [2.45, 2.75) is 38.7 Å². The van der Waals surface area contributed by atoms with E-state index >= 15 is 0 Å². The van der Waals surface area contributed by atoms with Gasteiger partial charge in [0.15, 0.2) is 0 Å². The molecule has 0 spiro atoms. The van der Waals surface area contributed by atoms with Crippen LogP contribution in [0.4, 0.5) is 0 Å². The van der Waals surface area contributed by atoms with E-state index in [1.807, 2.05) is 12.1 Å². The molecule has 0 amide bonds. The molecule has 3 unspecified atom stereocenters. The molecule has 0 aliphatic heterocycles. The first-order chi connectivity index (χ1) is 10.1. The van der Waals surface area contributed by atoms with Crippen molar-refractivity contribution in [3.8, 4) is 0 Å². The molecule has 0 bridgehead atoms. The molecule has 3 rings (SSSR count). The monoisotopic (exact) mass is 283 g/mol. The standard InChI is InChI=1S/C19H25NO/c1-14-5-4-10-19(12-14,13-20)18(21)17-9-8-15-6-2-3-7-16(15)11-17/h2-3,6-9,11,14,18,21H,4-5,10,12-13,20H2,1H3. The SMILES string of the molecule is CC1CCCC(CN)(C(O)c2ccc3ccccc3c2)C1. The van der Waals surface area contributed by atoms with Crippen molar-refractivity contribution in [1.29, 1.82) is 0 Å². The first-order valence-corrected chi connectivity index (χ1v) is 8.01. The summed E-state index contributed by atoms with van der Waals surface area (Å²) in [6, 6.07) is 14.6. The molecule has 0 heterocycles. The molecule has 3 N–H and O–H groups in total. The number of benzene rings is 2. The summed E-state index contributed by atoms with van der Waals surface area (Å²) >= 11 is 0. The van der Waals surface area contributed by atoms with Crippen molar-refractivity contribution >= 4 is 10.8 Å². The summed E-state index contributed by atoms with van der Waals surface area (Å²) in [6.07, 6.45) is 4.02. The zero-order valence-corrected chi connectivity index (χ0v) is 12.8. The Morgan fingerprint density at radius 1 is 1.24 bits per heavy atom. The Hall–Kier alpha value is -1.38. The summed E-state index contributed by atoms with van der Waals surface area (Å²) in [5, 5.41) is 13.4.